The number of nitrogens with zero attached hydrogens (tertiary/aromatic N) is 13. The molecular weight excluding hydrogens is 1780 g/mol. The molecule has 5 aromatic carbocycles. The minimum Gasteiger partial charge on any atom is -0.496 e. The Balaban J connectivity index is 0.000000199. The number of aromatic nitrogens is 13. The summed E-state index contributed by atoms with van der Waals surface area (Å²) in [6, 6.07) is 34.7. The van der Waals surface area contributed by atoms with E-state index in [4.69, 9.17) is 55.5 Å². The fourth-order valence-corrected chi connectivity index (χ4v) is 17.8. The highest BCUT2D eigenvalue weighted by Gasteiger charge is 2.36. The molecule has 135 heavy (non-hydrogen) atoms. The van der Waals surface area contributed by atoms with E-state index in [9.17, 15) is 29.6 Å². The van der Waals surface area contributed by atoms with Crippen LogP contribution in [0.2, 0.25) is 5.02 Å². The van der Waals surface area contributed by atoms with Crippen LogP contribution >= 0.6 is 11.6 Å². The van der Waals surface area contributed by atoms with Gasteiger partial charge < -0.3 is 18.9 Å². The van der Waals surface area contributed by atoms with Crippen molar-refractivity contribution < 1.29 is 48.6 Å². The number of sulfonamides is 1. The number of nitrogens with one attached hydrogen (secondary N) is 1. The highest BCUT2D eigenvalue weighted by Crippen LogP contribution is 2.38. The highest BCUT2D eigenvalue weighted by atomic mass is 35.5. The molecular formula is C106H138ClFN14O10S3. The molecule has 1 N–H and O–H groups in total. The van der Waals surface area contributed by atoms with Gasteiger partial charge in [0.05, 0.1) is 193 Å². The van der Waals surface area contributed by atoms with Gasteiger partial charge in [0, 0.05) is 95.6 Å². The Labute approximate surface area is 807 Å². The van der Waals surface area contributed by atoms with Crippen molar-refractivity contribution >= 4 is 47.0 Å². The average molecular weight is 1920 g/mol. The second-order valence-corrected chi connectivity index (χ2v) is 47.6. The van der Waals surface area contributed by atoms with Crippen LogP contribution in [0.4, 0.5) is 10.1 Å². The number of pyridine rings is 1. The van der Waals surface area contributed by atoms with Gasteiger partial charge in [-0.15, -0.1) is 0 Å². The van der Waals surface area contributed by atoms with Crippen LogP contribution in [-0.4, -0.2) is 133 Å². The van der Waals surface area contributed by atoms with Crippen LogP contribution in [0.3, 0.4) is 0 Å². The molecule has 0 aliphatic heterocycles. The quantitative estimate of drug-likeness (QED) is 0.0741. The first-order valence-corrected chi connectivity index (χ1v) is 51.3. The third kappa shape index (κ3) is 32.8. The SMILES string of the molecule is COc1ccc(-c2cnc(C)c(C(C)(C)C)n2)cc1CS(C)(=O)=O.Cc1ncc(-c2ccc(NS(C)(=O)=O)cc2)nc1C(C)(C)C.Cc1ncc(-c2ccc(OC(C)C)c(Cl)c2)nc1C(C)(C)C.Cc1ncc(-c2ccc(OC(C)C)c(F)c2)nc1C(C)(C)C.Cc1ncc(-c2ccc(OC(C)C)nc2)nc1C(C)(C)C.Cc1ncc(-c2cccc(CS(=O)(=O)C3CC3)c2)nc1C(C)(C)C. The molecule has 1 aliphatic carbocycles. The topological polar surface area (TPSA) is 319 Å². The lowest BCUT2D eigenvalue weighted by atomic mass is 9.90. The Kier molecular flexibility index (Phi) is 36.2. The lowest BCUT2D eigenvalue weighted by Crippen LogP contribution is -2.17. The molecule has 29 heteroatoms. The Morgan fingerprint density at radius 3 is 1.03 bits per heavy atom. The summed E-state index contributed by atoms with van der Waals surface area (Å²) in [5.74, 6) is 1.79. The third-order valence-corrected chi connectivity index (χ3v) is 24.6. The molecule has 1 saturated carbocycles. The van der Waals surface area contributed by atoms with Crippen molar-refractivity contribution in [1.82, 2.24) is 64.8 Å². The molecule has 0 atom stereocenters. The van der Waals surface area contributed by atoms with Gasteiger partial charge in [-0.2, -0.15) is 0 Å². The average Bonchev–Trinajstić information content (AvgIpc) is 1.79. The van der Waals surface area contributed by atoms with E-state index < -0.39 is 29.7 Å². The molecule has 0 radical (unpaired) electrons. The van der Waals surface area contributed by atoms with Crippen LogP contribution in [-0.2, 0) is 73.7 Å². The normalized spacial score (nSPS) is 12.6. The fraction of sp³-hybridized carbons (Fsp3) is 0.443. The van der Waals surface area contributed by atoms with E-state index in [0.29, 0.717) is 44.9 Å². The summed E-state index contributed by atoms with van der Waals surface area (Å²) >= 11 is 6.31. The maximum absolute atomic E-state index is 14.1. The van der Waals surface area contributed by atoms with Gasteiger partial charge in [0.25, 0.3) is 0 Å². The summed E-state index contributed by atoms with van der Waals surface area (Å²) in [5, 5.41) is 0.457. The lowest BCUT2D eigenvalue weighted by molar-refractivity contribution is 0.231. The molecule has 724 valence electrons. The number of hydrogen-bond acceptors (Lipinski definition) is 23. The first-order valence-electron chi connectivity index (χ1n) is 45.2. The zero-order valence-electron chi connectivity index (χ0n) is 85.0. The molecule has 13 rings (SSSR count). The smallest absolute Gasteiger partial charge is 0.229 e. The molecule has 0 saturated heterocycles. The summed E-state index contributed by atoms with van der Waals surface area (Å²) in [7, 11) is -7.91. The minimum absolute atomic E-state index is 0.0266. The second kappa shape index (κ2) is 44.7. The van der Waals surface area contributed by atoms with Crippen molar-refractivity contribution in [2.45, 2.75) is 288 Å². The maximum Gasteiger partial charge on any atom is 0.229 e. The number of sulfone groups is 2. The minimum atomic E-state index is -3.26. The Bertz CT molecular complexity index is 6360. The van der Waals surface area contributed by atoms with Gasteiger partial charge in [-0.1, -0.05) is 167 Å². The zero-order valence-corrected chi connectivity index (χ0v) is 88.2. The van der Waals surface area contributed by atoms with E-state index in [0.717, 1.165) is 149 Å². The van der Waals surface area contributed by atoms with E-state index in [-0.39, 0.29) is 79.1 Å². The number of anilines is 1. The molecule has 1 aliphatic rings. The van der Waals surface area contributed by atoms with E-state index in [1.807, 2.05) is 168 Å². The summed E-state index contributed by atoms with van der Waals surface area (Å²) in [4.78, 5) is 59.5. The molecule has 7 heterocycles. The molecule has 0 unspecified atom stereocenters. The van der Waals surface area contributed by atoms with Crippen molar-refractivity contribution in [3.05, 3.63) is 249 Å². The molecule has 1 fully saturated rings. The Hall–Kier alpha value is -11.2. The Morgan fingerprint density at radius 2 is 0.704 bits per heavy atom. The van der Waals surface area contributed by atoms with Gasteiger partial charge in [-0.3, -0.25) is 34.6 Å². The molecule has 7 aromatic heterocycles. The van der Waals surface area contributed by atoms with E-state index in [2.05, 4.69) is 169 Å². The van der Waals surface area contributed by atoms with Crippen LogP contribution in [0.5, 0.6) is 23.1 Å². The number of methoxy groups -OCH3 is 1. The number of hydrogen-bond donors (Lipinski definition) is 1. The monoisotopic (exact) mass is 1920 g/mol. The standard InChI is InChI=1S/C19H24N2O2S.C18H23ClN2O.C18H23FN2O.C18H24N2O3S.C17H23N3O.C16H21N3O2S/c1-13-18(19(2,3)4)21-17(11-20-13)15-7-5-6-14(10-15)12-24(22,23)16-8-9-16;2*1-11(2)22-16-8-7-13(9-14(16)19)15-10-20-12(3)17(21-15)18(4,5)6;1-12-17(18(2,3)4)20-15(10-19-12)13-7-8-16(23-5)14(9-13)11-24(6,21)22;1-11(2)21-15-8-7-13(9-19-15)14-10-18-12(3)16(20-14)17(4,5)6;1-11-15(16(2,3)4)18-14(10-17-11)12-6-8-13(9-7-12)19-22(5,20)21/h5-7,10-11,16H,8-9,12H2,1-4H3;2*7-11H,1-6H3;7-10H,11H2,1-6H3;7-11H,1-6H3;6-10,19H,1-5H3. The van der Waals surface area contributed by atoms with Gasteiger partial charge in [0.1, 0.15) is 11.5 Å². The summed E-state index contributed by atoms with van der Waals surface area (Å²) in [6.45, 7) is 61.5. The molecule has 12 aromatic rings. The van der Waals surface area contributed by atoms with Gasteiger partial charge in [0.15, 0.2) is 31.2 Å². The van der Waals surface area contributed by atoms with E-state index in [1.165, 1.54) is 19.4 Å². The first-order chi connectivity index (χ1) is 62.4. The van der Waals surface area contributed by atoms with Crippen LogP contribution in [0.15, 0.2) is 159 Å². The predicted molar refractivity (Wildman–Crippen MR) is 545 cm³/mol. The predicted octanol–water partition coefficient (Wildman–Crippen LogP) is 24.0. The van der Waals surface area contributed by atoms with E-state index >= 15 is 0 Å². The summed E-state index contributed by atoms with van der Waals surface area (Å²) < 4.78 is 109. The molecule has 0 bridgehead atoms. The number of benzene rings is 5. The van der Waals surface area contributed by atoms with Gasteiger partial charge in [0.2, 0.25) is 15.9 Å². The van der Waals surface area contributed by atoms with Crippen molar-refractivity contribution in [2.75, 3.05) is 24.3 Å². The fourth-order valence-electron chi connectivity index (χ4n) is 14.5. The van der Waals surface area contributed by atoms with Crippen molar-refractivity contribution in [3.8, 4) is 90.7 Å². The van der Waals surface area contributed by atoms with Gasteiger partial charge in [-0.25, -0.2) is 64.5 Å². The van der Waals surface area contributed by atoms with Crippen molar-refractivity contribution in [2.24, 2.45) is 0 Å². The number of aryl methyl sites for hydroxylation is 6. The third-order valence-electron chi connectivity index (χ3n) is 20.7. The largest absolute Gasteiger partial charge is 0.496 e. The number of rotatable bonds is 20. The lowest BCUT2D eigenvalue weighted by Gasteiger charge is -2.20. The summed E-state index contributed by atoms with van der Waals surface area (Å²) in [5.41, 5.74) is 22.8. The van der Waals surface area contributed by atoms with Crippen LogP contribution < -0.4 is 23.7 Å². The van der Waals surface area contributed by atoms with Gasteiger partial charge >= 0.3 is 0 Å². The number of halogens is 2. The number of ether oxygens (including phenoxy) is 4. The van der Waals surface area contributed by atoms with Crippen LogP contribution in [0.25, 0.3) is 67.5 Å². The molecule has 0 amide bonds. The van der Waals surface area contributed by atoms with Crippen molar-refractivity contribution in [1.29, 1.82) is 0 Å². The Morgan fingerprint density at radius 1 is 0.378 bits per heavy atom. The zero-order chi connectivity index (χ0) is 101. The van der Waals surface area contributed by atoms with Crippen LogP contribution in [0, 0.1) is 47.4 Å². The highest BCUT2D eigenvalue weighted by molar-refractivity contribution is 7.92. The maximum atomic E-state index is 14.1. The molecule has 24 nitrogen and oxygen atoms in total. The van der Waals surface area contributed by atoms with Crippen LogP contribution in [0.1, 0.15) is 258 Å². The summed E-state index contributed by atoms with van der Waals surface area (Å²) in [6.07, 6.45) is 16.4. The van der Waals surface area contributed by atoms with Crippen molar-refractivity contribution in [3.63, 3.8) is 0 Å². The first kappa shape index (κ1) is 109. The van der Waals surface area contributed by atoms with Gasteiger partial charge in [-0.05, 0) is 180 Å². The molecule has 0 spiro atoms. The van der Waals surface area contributed by atoms with E-state index in [1.54, 1.807) is 67.6 Å². The second-order valence-electron chi connectivity index (χ2n) is 41.1.